The first-order chi connectivity index (χ1) is 12.2. The molecule has 3 aromatic rings. The van der Waals surface area contributed by atoms with Gasteiger partial charge in [-0.15, -0.1) is 0 Å². The molecular formula is C18H17ClN4OS. The Morgan fingerprint density at radius 3 is 2.92 bits per heavy atom. The highest BCUT2D eigenvalue weighted by atomic mass is 35.5. The van der Waals surface area contributed by atoms with Gasteiger partial charge in [-0.25, -0.2) is 0 Å². The van der Waals surface area contributed by atoms with Crippen molar-refractivity contribution in [3.05, 3.63) is 75.3 Å². The number of aryl methyl sites for hydroxylation is 1. The Kier molecular flexibility index (Phi) is 5.63. The zero-order valence-corrected chi connectivity index (χ0v) is 15.2. The van der Waals surface area contributed by atoms with Crippen molar-refractivity contribution in [2.24, 2.45) is 5.10 Å². The van der Waals surface area contributed by atoms with Crippen LogP contribution >= 0.6 is 23.8 Å². The number of hydrogen-bond acceptors (Lipinski definition) is 4. The first-order valence-corrected chi connectivity index (χ1v) is 8.62. The highest BCUT2D eigenvalue weighted by Gasteiger charge is 2.02. The fourth-order valence-corrected chi connectivity index (χ4v) is 2.69. The van der Waals surface area contributed by atoms with Gasteiger partial charge in [0.1, 0.15) is 12.4 Å². The third-order valence-electron chi connectivity index (χ3n) is 3.51. The Morgan fingerprint density at radius 2 is 2.12 bits per heavy atom. The molecule has 0 unspecified atom stereocenters. The average Bonchev–Trinajstić information content (AvgIpc) is 2.98. The summed E-state index contributed by atoms with van der Waals surface area (Å²) < 4.78 is 7.92. The van der Waals surface area contributed by atoms with E-state index in [0.29, 0.717) is 16.4 Å². The highest BCUT2D eigenvalue weighted by Crippen LogP contribution is 2.16. The zero-order valence-electron chi connectivity index (χ0n) is 13.6. The summed E-state index contributed by atoms with van der Waals surface area (Å²) in [5.74, 6) is 1.55. The van der Waals surface area contributed by atoms with Crippen LogP contribution in [0.2, 0.25) is 5.02 Å². The molecule has 2 aromatic carbocycles. The zero-order chi connectivity index (χ0) is 17.6. The fraction of sp³-hybridized carbons (Fsp3) is 0.167. The predicted octanol–water partition coefficient (Wildman–Crippen LogP) is 4.62. The summed E-state index contributed by atoms with van der Waals surface area (Å²) in [6.45, 7) is 2.45. The number of nitrogens with zero attached hydrogens (tertiary/aromatic N) is 3. The molecule has 128 valence electrons. The SMILES string of the molecule is CCc1n[nH]c(=S)n1/N=C/c1cccc(OCc2cccc(Cl)c2)c1. The molecule has 1 N–H and O–H groups in total. The summed E-state index contributed by atoms with van der Waals surface area (Å²) >= 11 is 11.2. The van der Waals surface area contributed by atoms with E-state index in [0.717, 1.165) is 29.1 Å². The van der Waals surface area contributed by atoms with Crippen LogP contribution < -0.4 is 4.74 Å². The van der Waals surface area contributed by atoms with Gasteiger partial charge in [-0.1, -0.05) is 42.8 Å². The van der Waals surface area contributed by atoms with Crippen LogP contribution in [-0.4, -0.2) is 21.1 Å². The predicted molar refractivity (Wildman–Crippen MR) is 102 cm³/mol. The number of aromatic nitrogens is 3. The molecule has 1 aromatic heterocycles. The number of rotatable bonds is 6. The molecule has 25 heavy (non-hydrogen) atoms. The van der Waals surface area contributed by atoms with E-state index in [1.807, 2.05) is 55.5 Å². The van der Waals surface area contributed by atoms with Crippen molar-refractivity contribution in [2.45, 2.75) is 20.0 Å². The maximum absolute atomic E-state index is 5.99. The Bertz CT molecular complexity index is 948. The molecule has 0 atom stereocenters. The lowest BCUT2D eigenvalue weighted by atomic mass is 10.2. The number of hydrogen-bond donors (Lipinski definition) is 1. The number of halogens is 1. The van der Waals surface area contributed by atoms with Crippen LogP contribution in [0.1, 0.15) is 23.9 Å². The number of aromatic amines is 1. The molecule has 0 fully saturated rings. The molecule has 0 spiro atoms. The van der Waals surface area contributed by atoms with E-state index >= 15 is 0 Å². The molecule has 1 heterocycles. The van der Waals surface area contributed by atoms with Crippen molar-refractivity contribution in [3.8, 4) is 5.75 Å². The summed E-state index contributed by atoms with van der Waals surface area (Å²) in [5.41, 5.74) is 1.93. The van der Waals surface area contributed by atoms with Gasteiger partial charge in [-0.05, 0) is 47.6 Å². The normalized spacial score (nSPS) is 11.1. The first kappa shape index (κ1) is 17.4. The Hall–Kier alpha value is -2.44. The first-order valence-electron chi connectivity index (χ1n) is 7.83. The van der Waals surface area contributed by atoms with Crippen molar-refractivity contribution in [3.63, 3.8) is 0 Å². The van der Waals surface area contributed by atoms with Crippen LogP contribution in [0.5, 0.6) is 5.75 Å². The second kappa shape index (κ2) is 8.09. The lowest BCUT2D eigenvalue weighted by Crippen LogP contribution is -1.98. The van der Waals surface area contributed by atoms with E-state index in [9.17, 15) is 0 Å². The third-order valence-corrected chi connectivity index (χ3v) is 4.01. The van der Waals surface area contributed by atoms with Crippen LogP contribution in [0, 0.1) is 4.77 Å². The molecule has 0 saturated heterocycles. The molecule has 3 rings (SSSR count). The lowest BCUT2D eigenvalue weighted by molar-refractivity contribution is 0.306. The van der Waals surface area contributed by atoms with Crippen LogP contribution in [0.25, 0.3) is 0 Å². The third kappa shape index (κ3) is 4.55. The second-order valence-corrected chi connectivity index (χ2v) is 6.17. The van der Waals surface area contributed by atoms with Crippen LogP contribution in [0.15, 0.2) is 53.6 Å². The largest absolute Gasteiger partial charge is 0.489 e. The molecule has 5 nitrogen and oxygen atoms in total. The quantitative estimate of drug-likeness (QED) is 0.507. The minimum Gasteiger partial charge on any atom is -0.489 e. The van der Waals surface area contributed by atoms with Gasteiger partial charge in [0.05, 0.1) is 6.21 Å². The van der Waals surface area contributed by atoms with Gasteiger partial charge in [0.15, 0.2) is 5.82 Å². The van der Waals surface area contributed by atoms with Crippen molar-refractivity contribution in [2.75, 3.05) is 0 Å². The average molecular weight is 373 g/mol. The topological polar surface area (TPSA) is 55.2 Å². The molecular weight excluding hydrogens is 356 g/mol. The summed E-state index contributed by atoms with van der Waals surface area (Å²) in [6, 6.07) is 15.3. The van der Waals surface area contributed by atoms with Crippen molar-refractivity contribution in [1.29, 1.82) is 0 Å². The summed E-state index contributed by atoms with van der Waals surface area (Å²) in [5, 5.41) is 12.0. The van der Waals surface area contributed by atoms with E-state index in [1.54, 1.807) is 10.9 Å². The minimum atomic E-state index is 0.452. The Morgan fingerprint density at radius 1 is 1.28 bits per heavy atom. The molecule has 0 amide bonds. The van der Waals surface area contributed by atoms with E-state index in [4.69, 9.17) is 28.6 Å². The summed E-state index contributed by atoms with van der Waals surface area (Å²) in [4.78, 5) is 0. The molecule has 0 aliphatic rings. The number of H-pyrrole nitrogens is 1. The van der Waals surface area contributed by atoms with Crippen molar-refractivity contribution >= 4 is 30.0 Å². The van der Waals surface area contributed by atoms with Crippen LogP contribution in [0.3, 0.4) is 0 Å². The minimum absolute atomic E-state index is 0.452. The molecule has 0 aliphatic carbocycles. The fourth-order valence-electron chi connectivity index (χ4n) is 2.27. The van der Waals surface area contributed by atoms with Gasteiger partial charge in [0, 0.05) is 11.4 Å². The van der Waals surface area contributed by atoms with Crippen molar-refractivity contribution < 1.29 is 4.74 Å². The molecule has 0 bridgehead atoms. The maximum atomic E-state index is 5.99. The number of benzene rings is 2. The van der Waals surface area contributed by atoms with Crippen molar-refractivity contribution in [1.82, 2.24) is 14.9 Å². The molecule has 0 saturated carbocycles. The molecule has 7 heteroatoms. The van der Waals surface area contributed by atoms with Gasteiger partial charge in [0.2, 0.25) is 4.77 Å². The Labute approximate surface area is 155 Å². The van der Waals surface area contributed by atoms with Gasteiger partial charge in [-0.3, -0.25) is 5.10 Å². The summed E-state index contributed by atoms with van der Waals surface area (Å²) in [6.07, 6.45) is 2.48. The number of nitrogens with one attached hydrogen (secondary N) is 1. The molecule has 0 aliphatic heterocycles. The van der Waals surface area contributed by atoms with Gasteiger partial charge in [0.25, 0.3) is 0 Å². The van der Waals surface area contributed by atoms with Crippen LogP contribution in [0.4, 0.5) is 0 Å². The van der Waals surface area contributed by atoms with Gasteiger partial charge >= 0.3 is 0 Å². The standard InChI is InChI=1S/C18H17ClN4OS/c1-2-17-21-22-18(25)23(17)20-11-13-5-4-8-16(10-13)24-12-14-6-3-7-15(19)9-14/h3-11H,2,12H2,1H3,(H,22,25)/b20-11+. The highest BCUT2D eigenvalue weighted by molar-refractivity contribution is 7.71. The van der Waals surface area contributed by atoms with Crippen LogP contribution in [-0.2, 0) is 13.0 Å². The maximum Gasteiger partial charge on any atom is 0.216 e. The van der Waals surface area contributed by atoms with Gasteiger partial charge in [-0.2, -0.15) is 14.9 Å². The lowest BCUT2D eigenvalue weighted by Gasteiger charge is -2.07. The van der Waals surface area contributed by atoms with Gasteiger partial charge < -0.3 is 4.74 Å². The monoisotopic (exact) mass is 372 g/mol. The van der Waals surface area contributed by atoms with E-state index in [1.165, 1.54) is 0 Å². The molecule has 0 radical (unpaired) electrons. The van der Waals surface area contributed by atoms with E-state index in [2.05, 4.69) is 15.3 Å². The summed E-state index contributed by atoms with van der Waals surface area (Å²) in [7, 11) is 0. The number of ether oxygens (including phenoxy) is 1. The van der Waals surface area contributed by atoms with E-state index < -0.39 is 0 Å². The second-order valence-electron chi connectivity index (χ2n) is 5.35. The Balaban J connectivity index is 1.72. The van der Waals surface area contributed by atoms with E-state index in [-0.39, 0.29) is 0 Å². The smallest absolute Gasteiger partial charge is 0.216 e.